The number of aliphatic imine (C=N–C) groups is 1. The van der Waals surface area contributed by atoms with Crippen LogP contribution in [0, 0.1) is 0 Å². The lowest BCUT2D eigenvalue weighted by atomic mass is 9.78. The lowest BCUT2D eigenvalue weighted by Crippen LogP contribution is -2.17. The molecule has 0 radical (unpaired) electrons. The van der Waals surface area contributed by atoms with Gasteiger partial charge in [0.25, 0.3) is 0 Å². The molecule has 0 aliphatic heterocycles. The summed E-state index contributed by atoms with van der Waals surface area (Å²) in [5.74, 6) is 0.597. The topological polar surface area (TPSA) is 70.6 Å². The fourth-order valence-corrected chi connectivity index (χ4v) is 4.35. The maximum atomic E-state index is 9.05. The van der Waals surface area contributed by atoms with Crippen LogP contribution in [0.5, 0.6) is 0 Å². The highest BCUT2D eigenvalue weighted by molar-refractivity contribution is 6.42. The number of nitrogens with zero attached hydrogens (tertiary/aromatic N) is 1. The number of nitrogens with two attached hydrogens (primary N) is 1. The van der Waals surface area contributed by atoms with E-state index in [0.717, 1.165) is 33.5 Å². The molecule has 6 heteroatoms. The van der Waals surface area contributed by atoms with Crippen molar-refractivity contribution in [2.45, 2.75) is 18.8 Å². The molecular weight excluding hydrogens is 453 g/mol. The van der Waals surface area contributed by atoms with E-state index in [0.29, 0.717) is 34.4 Å². The molecule has 0 bridgehead atoms. The van der Waals surface area contributed by atoms with Crippen LogP contribution in [-0.2, 0) is 6.42 Å². The Morgan fingerprint density at radius 1 is 1.09 bits per heavy atom. The van der Waals surface area contributed by atoms with E-state index < -0.39 is 0 Å². The molecule has 0 saturated heterocycles. The SMILES string of the molecule is C=C(/N=C\C1=C(N)c2ccccc2[C@H](c2ccc(Cl)c(Cl)c2)C1)Nc1ccc(CCO)cc1. The molecule has 0 amide bonds. The first-order valence-corrected chi connectivity index (χ1v) is 11.4. The van der Waals surface area contributed by atoms with Gasteiger partial charge >= 0.3 is 0 Å². The van der Waals surface area contributed by atoms with Crippen molar-refractivity contribution in [2.24, 2.45) is 10.7 Å². The first-order valence-electron chi connectivity index (χ1n) is 10.7. The molecule has 0 fully saturated rings. The number of allylic oxidation sites excluding steroid dienone is 1. The summed E-state index contributed by atoms with van der Waals surface area (Å²) in [5.41, 5.74) is 13.4. The Labute approximate surface area is 204 Å². The van der Waals surface area contributed by atoms with Gasteiger partial charge in [0.1, 0.15) is 5.82 Å². The van der Waals surface area contributed by atoms with E-state index in [4.69, 9.17) is 34.0 Å². The van der Waals surface area contributed by atoms with Crippen molar-refractivity contribution in [2.75, 3.05) is 11.9 Å². The quantitative estimate of drug-likeness (QED) is 0.345. The summed E-state index contributed by atoms with van der Waals surface area (Å²) >= 11 is 12.4. The minimum Gasteiger partial charge on any atom is -0.398 e. The highest BCUT2D eigenvalue weighted by atomic mass is 35.5. The van der Waals surface area contributed by atoms with Gasteiger partial charge in [-0.3, -0.25) is 0 Å². The molecule has 1 atom stereocenters. The second-order valence-electron chi connectivity index (χ2n) is 7.96. The molecule has 3 aromatic rings. The second-order valence-corrected chi connectivity index (χ2v) is 8.77. The fourth-order valence-electron chi connectivity index (χ4n) is 4.05. The Hall–Kier alpha value is -3.05. The van der Waals surface area contributed by atoms with E-state index in [-0.39, 0.29) is 12.5 Å². The van der Waals surface area contributed by atoms with Gasteiger partial charge < -0.3 is 16.2 Å². The molecule has 0 aromatic heterocycles. The molecule has 0 saturated carbocycles. The molecule has 3 aromatic carbocycles. The van der Waals surface area contributed by atoms with Gasteiger partial charge in [0.2, 0.25) is 0 Å². The molecule has 0 spiro atoms. The van der Waals surface area contributed by atoms with Crippen molar-refractivity contribution in [3.8, 4) is 0 Å². The third-order valence-electron chi connectivity index (χ3n) is 5.76. The number of hydrogen-bond donors (Lipinski definition) is 3. The van der Waals surface area contributed by atoms with Crippen molar-refractivity contribution in [1.82, 2.24) is 0 Å². The zero-order chi connectivity index (χ0) is 23.4. The van der Waals surface area contributed by atoms with Gasteiger partial charge in [-0.05, 0) is 59.4 Å². The van der Waals surface area contributed by atoms with Crippen molar-refractivity contribution in [3.05, 3.63) is 117 Å². The van der Waals surface area contributed by atoms with Crippen LogP contribution in [0.1, 0.15) is 34.6 Å². The maximum Gasteiger partial charge on any atom is 0.123 e. The lowest BCUT2D eigenvalue weighted by molar-refractivity contribution is 0.299. The van der Waals surface area contributed by atoms with E-state index in [1.165, 1.54) is 0 Å². The molecular formula is C27H25Cl2N3O. The summed E-state index contributed by atoms with van der Waals surface area (Å²) < 4.78 is 0. The third-order valence-corrected chi connectivity index (χ3v) is 6.50. The molecule has 1 aliphatic rings. The Kier molecular flexibility index (Phi) is 7.19. The average molecular weight is 478 g/mol. The fraction of sp³-hybridized carbons (Fsp3) is 0.148. The maximum absolute atomic E-state index is 9.05. The van der Waals surface area contributed by atoms with Crippen LogP contribution >= 0.6 is 23.2 Å². The van der Waals surface area contributed by atoms with Crippen LogP contribution < -0.4 is 11.1 Å². The first kappa shape index (κ1) is 23.1. The van der Waals surface area contributed by atoms with Crippen molar-refractivity contribution < 1.29 is 5.11 Å². The van der Waals surface area contributed by atoms with Crippen LogP contribution in [0.4, 0.5) is 5.69 Å². The van der Waals surface area contributed by atoms with Gasteiger partial charge in [0.15, 0.2) is 0 Å². The van der Waals surface area contributed by atoms with Crippen LogP contribution in [-0.4, -0.2) is 17.9 Å². The monoisotopic (exact) mass is 477 g/mol. The minimum atomic E-state index is 0.0880. The molecule has 168 valence electrons. The van der Waals surface area contributed by atoms with Crippen LogP contribution in [0.25, 0.3) is 5.70 Å². The normalized spacial score (nSPS) is 15.5. The molecule has 33 heavy (non-hydrogen) atoms. The summed E-state index contributed by atoms with van der Waals surface area (Å²) in [6.07, 6.45) is 3.10. The van der Waals surface area contributed by atoms with E-state index in [2.05, 4.69) is 23.0 Å². The number of fused-ring (bicyclic) bond motifs is 1. The number of nitrogens with one attached hydrogen (secondary N) is 1. The highest BCUT2D eigenvalue weighted by Gasteiger charge is 2.26. The third kappa shape index (κ3) is 5.31. The summed E-state index contributed by atoms with van der Waals surface area (Å²) in [4.78, 5) is 4.53. The second kappa shape index (κ2) is 10.3. The Morgan fingerprint density at radius 3 is 2.58 bits per heavy atom. The number of aliphatic hydroxyl groups excluding tert-OH is 1. The number of hydrogen-bond acceptors (Lipinski definition) is 4. The van der Waals surface area contributed by atoms with E-state index >= 15 is 0 Å². The standard InChI is InChI=1S/C27H25Cl2N3O/c1-17(32-21-9-6-18(7-10-21)12-13-33)31-16-20-14-24(19-8-11-25(28)26(29)15-19)22-4-2-3-5-23(22)27(20)30/h2-11,15-16,24,32-33H,1,12-14,30H2/b31-16-/t24-/m0/s1. The Balaban J connectivity index is 1.57. The summed E-state index contributed by atoms with van der Waals surface area (Å²) in [6, 6.07) is 21.7. The lowest BCUT2D eigenvalue weighted by Gasteiger charge is -2.28. The van der Waals surface area contributed by atoms with Gasteiger partial charge in [-0.25, -0.2) is 4.99 Å². The Bertz CT molecular complexity index is 1230. The number of anilines is 1. The van der Waals surface area contributed by atoms with Crippen LogP contribution in [0.2, 0.25) is 10.0 Å². The largest absolute Gasteiger partial charge is 0.398 e. The minimum absolute atomic E-state index is 0.0880. The van der Waals surface area contributed by atoms with Crippen molar-refractivity contribution >= 4 is 40.8 Å². The summed E-state index contributed by atoms with van der Waals surface area (Å²) in [5, 5.41) is 13.3. The van der Waals surface area contributed by atoms with Gasteiger partial charge in [-0.2, -0.15) is 0 Å². The predicted molar refractivity (Wildman–Crippen MR) is 139 cm³/mol. The predicted octanol–water partition coefficient (Wildman–Crippen LogP) is 6.39. The van der Waals surface area contributed by atoms with E-state index in [1.807, 2.05) is 60.7 Å². The molecule has 0 unspecified atom stereocenters. The smallest absolute Gasteiger partial charge is 0.123 e. The zero-order valence-corrected chi connectivity index (χ0v) is 19.6. The van der Waals surface area contributed by atoms with E-state index in [1.54, 1.807) is 6.21 Å². The first-order chi connectivity index (χ1) is 16.0. The Morgan fingerprint density at radius 2 is 1.85 bits per heavy atom. The molecule has 4 rings (SSSR count). The van der Waals surface area contributed by atoms with Gasteiger partial charge in [-0.1, -0.05) is 72.2 Å². The number of aliphatic hydroxyl groups is 1. The van der Waals surface area contributed by atoms with Crippen LogP contribution in [0.3, 0.4) is 0 Å². The number of halogens is 2. The van der Waals surface area contributed by atoms with Crippen molar-refractivity contribution in [1.29, 1.82) is 0 Å². The van der Waals surface area contributed by atoms with Gasteiger partial charge in [0.05, 0.1) is 10.0 Å². The summed E-state index contributed by atoms with van der Waals surface area (Å²) in [7, 11) is 0. The highest BCUT2D eigenvalue weighted by Crippen LogP contribution is 2.41. The number of benzene rings is 3. The zero-order valence-electron chi connectivity index (χ0n) is 18.1. The van der Waals surface area contributed by atoms with Crippen LogP contribution in [0.15, 0.2) is 89.7 Å². The van der Waals surface area contributed by atoms with Gasteiger partial charge in [-0.15, -0.1) is 0 Å². The summed E-state index contributed by atoms with van der Waals surface area (Å²) in [6.45, 7) is 4.15. The van der Waals surface area contributed by atoms with Gasteiger partial charge in [0, 0.05) is 35.7 Å². The molecule has 1 aliphatic carbocycles. The van der Waals surface area contributed by atoms with Crippen molar-refractivity contribution in [3.63, 3.8) is 0 Å². The van der Waals surface area contributed by atoms with E-state index in [9.17, 15) is 0 Å². The average Bonchev–Trinajstić information content (AvgIpc) is 2.82. The molecule has 0 heterocycles. The molecule has 4 nitrogen and oxygen atoms in total. The number of rotatable bonds is 7. The molecule has 4 N–H and O–H groups in total.